The summed E-state index contributed by atoms with van der Waals surface area (Å²) in [6.45, 7) is 0. The zero-order valence-electron chi connectivity index (χ0n) is 9.08. The first-order valence-electron chi connectivity index (χ1n) is 4.87. The zero-order valence-corrected chi connectivity index (χ0v) is 11.4. The van der Waals surface area contributed by atoms with E-state index in [0.717, 1.165) is 16.0 Å². The molecule has 2 N–H and O–H groups in total. The van der Waals surface area contributed by atoms with Crippen molar-refractivity contribution >= 4 is 40.7 Å². The maximum atomic E-state index is 6.01. The minimum Gasteiger partial charge on any atom is -0.398 e. The van der Waals surface area contributed by atoms with Gasteiger partial charge in [-0.05, 0) is 36.1 Å². The van der Waals surface area contributed by atoms with Gasteiger partial charge in [-0.3, -0.25) is 0 Å². The predicted molar refractivity (Wildman–Crippen MR) is 75.9 cm³/mol. The molecule has 0 bridgehead atoms. The minimum absolute atomic E-state index is 0.364. The van der Waals surface area contributed by atoms with Crippen LogP contribution < -0.4 is 5.73 Å². The highest BCUT2D eigenvalue weighted by Gasteiger charge is 2.10. The number of nitrogens with two attached hydrogens (primary N) is 1. The summed E-state index contributed by atoms with van der Waals surface area (Å²) < 4.78 is 0. The van der Waals surface area contributed by atoms with Crippen LogP contribution in [0.5, 0.6) is 0 Å². The summed E-state index contributed by atoms with van der Waals surface area (Å²) in [6.07, 6.45) is 2.00. The third-order valence-corrected chi connectivity index (χ3v) is 3.50. The molecule has 2 rings (SSSR count). The Kier molecular flexibility index (Phi) is 3.82. The number of hydrogen-bond acceptors (Lipinski definition) is 3. The molecule has 1 heterocycles. The summed E-state index contributed by atoms with van der Waals surface area (Å²) in [4.78, 5) is 5.01. The van der Waals surface area contributed by atoms with E-state index in [4.69, 9.17) is 28.9 Å². The van der Waals surface area contributed by atoms with Crippen molar-refractivity contribution in [2.24, 2.45) is 0 Å². The van der Waals surface area contributed by atoms with E-state index in [-0.39, 0.29) is 0 Å². The molecule has 0 aliphatic rings. The van der Waals surface area contributed by atoms with Crippen LogP contribution in [0.3, 0.4) is 0 Å². The predicted octanol–water partition coefficient (Wildman–Crippen LogP) is 4.36. The van der Waals surface area contributed by atoms with E-state index < -0.39 is 0 Å². The summed E-state index contributed by atoms with van der Waals surface area (Å²) >= 11 is 13.4. The van der Waals surface area contributed by atoms with Gasteiger partial charge in [0.15, 0.2) is 0 Å². The molecule has 0 aliphatic carbocycles. The summed E-state index contributed by atoms with van der Waals surface area (Å²) in [5.41, 5.74) is 8.55. The molecule has 0 fully saturated rings. The number of anilines is 1. The van der Waals surface area contributed by atoms with Crippen LogP contribution in [0.25, 0.3) is 11.1 Å². The Hall–Kier alpha value is -0.900. The van der Waals surface area contributed by atoms with Crippen LogP contribution in [0.2, 0.25) is 10.3 Å². The highest BCUT2D eigenvalue weighted by atomic mass is 35.5. The molecule has 1 aromatic carbocycles. The molecule has 0 atom stereocenters. The number of nitrogens with zero attached hydrogens (tertiary/aromatic N) is 1. The van der Waals surface area contributed by atoms with Gasteiger partial charge >= 0.3 is 0 Å². The van der Waals surface area contributed by atoms with Crippen molar-refractivity contribution in [1.29, 1.82) is 0 Å². The van der Waals surface area contributed by atoms with Gasteiger partial charge in [-0.25, -0.2) is 4.98 Å². The van der Waals surface area contributed by atoms with Gasteiger partial charge in [-0.2, -0.15) is 0 Å². The maximum Gasteiger partial charge on any atom is 0.131 e. The molecule has 0 saturated carbocycles. The Morgan fingerprint density at radius 3 is 2.41 bits per heavy atom. The van der Waals surface area contributed by atoms with Crippen molar-refractivity contribution in [3.63, 3.8) is 0 Å². The lowest BCUT2D eigenvalue weighted by Gasteiger charge is -2.11. The second kappa shape index (κ2) is 5.17. The van der Waals surface area contributed by atoms with Crippen LogP contribution in [0.4, 0.5) is 5.69 Å². The van der Waals surface area contributed by atoms with Crippen LogP contribution in [0, 0.1) is 0 Å². The lowest BCUT2D eigenvalue weighted by Crippen LogP contribution is -1.93. The number of aromatic nitrogens is 1. The van der Waals surface area contributed by atoms with Crippen molar-refractivity contribution in [3.8, 4) is 11.1 Å². The Morgan fingerprint density at radius 1 is 1.18 bits per heavy atom. The highest BCUT2D eigenvalue weighted by Crippen LogP contribution is 2.36. The van der Waals surface area contributed by atoms with Crippen LogP contribution in [-0.2, 0) is 0 Å². The topological polar surface area (TPSA) is 38.9 Å². The number of thioether (sulfide) groups is 1. The standard InChI is InChI=1S/C12H10Cl2N2S/c1-17-9-4-2-3-8(15)12(9)7-5-10(13)16-11(14)6-7/h2-6H,15H2,1H3. The average Bonchev–Trinajstić information content (AvgIpc) is 2.27. The minimum atomic E-state index is 0.364. The fraction of sp³-hybridized carbons (Fsp3) is 0.0833. The van der Waals surface area contributed by atoms with E-state index in [9.17, 15) is 0 Å². The number of pyridine rings is 1. The van der Waals surface area contributed by atoms with Gasteiger partial charge in [0, 0.05) is 16.1 Å². The summed E-state index contributed by atoms with van der Waals surface area (Å²) in [6, 6.07) is 9.32. The van der Waals surface area contributed by atoms with E-state index in [1.54, 1.807) is 23.9 Å². The molecule has 1 aromatic heterocycles. The zero-order chi connectivity index (χ0) is 12.4. The van der Waals surface area contributed by atoms with Crippen molar-refractivity contribution in [2.45, 2.75) is 4.90 Å². The lowest BCUT2D eigenvalue weighted by molar-refractivity contribution is 1.32. The molecule has 0 aliphatic heterocycles. The summed E-state index contributed by atoms with van der Waals surface area (Å²) in [7, 11) is 0. The number of benzene rings is 1. The van der Waals surface area contributed by atoms with Gasteiger partial charge < -0.3 is 5.73 Å². The molecule has 88 valence electrons. The molecule has 0 saturated heterocycles. The Balaban J connectivity index is 2.67. The smallest absolute Gasteiger partial charge is 0.131 e. The first kappa shape index (κ1) is 12.6. The van der Waals surface area contributed by atoms with Crippen LogP contribution in [-0.4, -0.2) is 11.2 Å². The number of rotatable bonds is 2. The average molecular weight is 285 g/mol. The van der Waals surface area contributed by atoms with Crippen molar-refractivity contribution in [3.05, 3.63) is 40.6 Å². The quantitative estimate of drug-likeness (QED) is 0.506. The first-order chi connectivity index (χ1) is 8.11. The van der Waals surface area contributed by atoms with Crippen molar-refractivity contribution in [2.75, 3.05) is 12.0 Å². The van der Waals surface area contributed by atoms with E-state index in [2.05, 4.69) is 4.98 Å². The number of hydrogen-bond donors (Lipinski definition) is 1. The maximum absolute atomic E-state index is 6.01. The molecule has 5 heteroatoms. The van der Waals surface area contributed by atoms with Gasteiger partial charge in [-0.15, -0.1) is 11.8 Å². The molecule has 0 unspecified atom stereocenters. The summed E-state index contributed by atoms with van der Waals surface area (Å²) in [5, 5.41) is 0.727. The second-order valence-electron chi connectivity index (χ2n) is 3.43. The van der Waals surface area contributed by atoms with Gasteiger partial charge in [-0.1, -0.05) is 29.3 Å². The number of nitrogen functional groups attached to an aromatic ring is 1. The Bertz CT molecular complexity index is 538. The van der Waals surface area contributed by atoms with Gasteiger partial charge in [0.2, 0.25) is 0 Å². The molecule has 2 nitrogen and oxygen atoms in total. The van der Waals surface area contributed by atoms with Crippen molar-refractivity contribution < 1.29 is 0 Å². The monoisotopic (exact) mass is 284 g/mol. The van der Waals surface area contributed by atoms with Crippen molar-refractivity contribution in [1.82, 2.24) is 4.98 Å². The molecular formula is C12H10Cl2N2S. The Morgan fingerprint density at radius 2 is 1.82 bits per heavy atom. The second-order valence-corrected chi connectivity index (χ2v) is 5.05. The van der Waals surface area contributed by atoms with E-state index in [1.165, 1.54) is 0 Å². The molecule has 17 heavy (non-hydrogen) atoms. The lowest BCUT2D eigenvalue weighted by atomic mass is 10.1. The highest BCUT2D eigenvalue weighted by molar-refractivity contribution is 7.98. The van der Waals surface area contributed by atoms with Gasteiger partial charge in [0.1, 0.15) is 10.3 Å². The summed E-state index contributed by atoms with van der Waals surface area (Å²) in [5.74, 6) is 0. The van der Waals surface area contributed by atoms with E-state index in [0.29, 0.717) is 16.0 Å². The molecule has 0 amide bonds. The number of halogens is 2. The third-order valence-electron chi connectivity index (χ3n) is 2.33. The van der Waals surface area contributed by atoms with E-state index in [1.807, 2.05) is 24.5 Å². The van der Waals surface area contributed by atoms with Crippen LogP contribution >= 0.6 is 35.0 Å². The van der Waals surface area contributed by atoms with Crippen LogP contribution in [0.1, 0.15) is 0 Å². The van der Waals surface area contributed by atoms with Gasteiger partial charge in [0.25, 0.3) is 0 Å². The molecular weight excluding hydrogens is 275 g/mol. The fourth-order valence-corrected chi connectivity index (χ4v) is 2.75. The normalized spacial score (nSPS) is 10.5. The largest absolute Gasteiger partial charge is 0.398 e. The molecule has 0 radical (unpaired) electrons. The molecule has 0 spiro atoms. The third kappa shape index (κ3) is 2.68. The Labute approximate surface area is 114 Å². The SMILES string of the molecule is CSc1cccc(N)c1-c1cc(Cl)nc(Cl)c1. The fourth-order valence-electron chi connectivity index (χ4n) is 1.64. The van der Waals surface area contributed by atoms with E-state index >= 15 is 0 Å². The molecule has 2 aromatic rings. The van der Waals surface area contributed by atoms with Crippen LogP contribution in [0.15, 0.2) is 35.2 Å². The van der Waals surface area contributed by atoms with Gasteiger partial charge in [0.05, 0.1) is 0 Å². The first-order valence-corrected chi connectivity index (χ1v) is 6.86.